The molecule has 0 saturated carbocycles. The van der Waals surface area contributed by atoms with Crippen molar-refractivity contribution in [3.63, 3.8) is 0 Å². The molecule has 0 fully saturated rings. The summed E-state index contributed by atoms with van der Waals surface area (Å²) >= 11 is 0. The molecule has 0 N–H and O–H groups in total. The Morgan fingerprint density at radius 3 is 2.50 bits per heavy atom. The van der Waals surface area contributed by atoms with Gasteiger partial charge in [-0.2, -0.15) is 0 Å². The smallest absolute Gasteiger partial charge is 0.131 e. The molecule has 2 nitrogen and oxygen atoms in total. The number of hydrogen-bond acceptors (Lipinski definition) is 2. The maximum Gasteiger partial charge on any atom is 0.131 e. The Bertz CT molecular complexity index is 106. The van der Waals surface area contributed by atoms with Gasteiger partial charge >= 0.3 is 0 Å². The standard InChI is InChI=1S/C4H5NO/c1-3-2-4(3)5-6/h2,4H,1H3/t4-/m1/s1. The van der Waals surface area contributed by atoms with Gasteiger partial charge in [0.15, 0.2) is 0 Å². The third kappa shape index (κ3) is 0.339. The second-order valence-corrected chi connectivity index (χ2v) is 1.46. The topological polar surface area (TPSA) is 29.4 Å². The lowest BCUT2D eigenvalue weighted by atomic mass is 10.5. The molecule has 0 aliphatic heterocycles. The third-order valence-corrected chi connectivity index (χ3v) is 0.892. The zero-order chi connectivity index (χ0) is 4.57. The molecule has 0 spiro atoms. The summed E-state index contributed by atoms with van der Waals surface area (Å²) < 4.78 is 0. The van der Waals surface area contributed by atoms with E-state index in [-0.39, 0.29) is 6.04 Å². The Balaban J connectivity index is 2.35. The van der Waals surface area contributed by atoms with Crippen LogP contribution in [0.2, 0.25) is 0 Å². The minimum atomic E-state index is -0.0370. The molecule has 1 aliphatic carbocycles. The van der Waals surface area contributed by atoms with Crippen LogP contribution in [-0.4, -0.2) is 6.04 Å². The second-order valence-electron chi connectivity index (χ2n) is 1.46. The molecule has 0 aromatic carbocycles. The summed E-state index contributed by atoms with van der Waals surface area (Å²) in [5.74, 6) is 0. The van der Waals surface area contributed by atoms with Crippen LogP contribution in [0, 0.1) is 4.91 Å². The molecule has 32 valence electrons. The van der Waals surface area contributed by atoms with Crippen LogP contribution in [0.5, 0.6) is 0 Å². The number of hydrogen-bond donors (Lipinski definition) is 0. The summed E-state index contributed by atoms with van der Waals surface area (Å²) in [6, 6.07) is -0.0370. The fourth-order valence-electron chi connectivity index (χ4n) is 0.314. The molecule has 0 aromatic rings. The molecule has 1 aliphatic rings. The lowest BCUT2D eigenvalue weighted by Crippen LogP contribution is -1.72. The lowest BCUT2D eigenvalue weighted by molar-refractivity contribution is 1.09. The summed E-state index contributed by atoms with van der Waals surface area (Å²) in [6.07, 6.45) is 1.83. The van der Waals surface area contributed by atoms with Gasteiger partial charge in [-0.05, 0) is 12.5 Å². The van der Waals surface area contributed by atoms with E-state index < -0.39 is 0 Å². The number of rotatable bonds is 1. The van der Waals surface area contributed by atoms with Gasteiger partial charge in [-0.3, -0.25) is 0 Å². The lowest BCUT2D eigenvalue weighted by Gasteiger charge is -1.69. The summed E-state index contributed by atoms with van der Waals surface area (Å²) in [4.78, 5) is 9.48. The van der Waals surface area contributed by atoms with Gasteiger partial charge in [0.05, 0.1) is 0 Å². The van der Waals surface area contributed by atoms with Gasteiger partial charge in [0.1, 0.15) is 6.04 Å². The molecule has 2 heteroatoms. The molecule has 0 unspecified atom stereocenters. The highest BCUT2D eigenvalue weighted by molar-refractivity contribution is 5.32. The normalized spacial score (nSPS) is 28.8. The molecule has 0 heterocycles. The molecule has 0 bridgehead atoms. The number of nitroso groups, excluding NO2 is 1. The van der Waals surface area contributed by atoms with Gasteiger partial charge in [0, 0.05) is 0 Å². The highest BCUT2D eigenvalue weighted by atomic mass is 16.3. The van der Waals surface area contributed by atoms with E-state index in [1.165, 1.54) is 0 Å². The van der Waals surface area contributed by atoms with E-state index in [4.69, 9.17) is 0 Å². The summed E-state index contributed by atoms with van der Waals surface area (Å²) in [7, 11) is 0. The van der Waals surface area contributed by atoms with Crippen molar-refractivity contribution in [1.82, 2.24) is 0 Å². The Morgan fingerprint density at radius 2 is 2.50 bits per heavy atom. The highest BCUT2D eigenvalue weighted by Crippen LogP contribution is 2.21. The third-order valence-electron chi connectivity index (χ3n) is 0.892. The predicted octanol–water partition coefficient (Wildman–Crippen LogP) is 1.08. The van der Waals surface area contributed by atoms with Crippen LogP contribution in [0.25, 0.3) is 0 Å². The van der Waals surface area contributed by atoms with E-state index in [1.807, 2.05) is 13.0 Å². The Morgan fingerprint density at radius 1 is 2.00 bits per heavy atom. The number of nitrogens with zero attached hydrogens (tertiary/aromatic N) is 1. The summed E-state index contributed by atoms with van der Waals surface area (Å²) in [5, 5.41) is 2.74. The molecule has 0 radical (unpaired) electrons. The monoisotopic (exact) mass is 83.0 g/mol. The molecule has 1 rings (SSSR count). The maximum absolute atomic E-state index is 9.48. The Hall–Kier alpha value is -0.660. The molecule has 1 atom stereocenters. The van der Waals surface area contributed by atoms with E-state index in [0.717, 1.165) is 5.57 Å². The first kappa shape index (κ1) is 3.53. The molecule has 0 aromatic heterocycles. The zero-order valence-corrected chi connectivity index (χ0v) is 3.51. The van der Waals surface area contributed by atoms with Crippen LogP contribution in [-0.2, 0) is 0 Å². The first-order chi connectivity index (χ1) is 2.84. The minimum Gasteiger partial charge on any atom is -0.150 e. The van der Waals surface area contributed by atoms with Crippen molar-refractivity contribution < 1.29 is 0 Å². The van der Waals surface area contributed by atoms with Crippen molar-refractivity contribution in [3.8, 4) is 0 Å². The van der Waals surface area contributed by atoms with E-state index in [2.05, 4.69) is 5.18 Å². The van der Waals surface area contributed by atoms with Gasteiger partial charge in [-0.15, -0.1) is 4.91 Å². The molecule has 6 heavy (non-hydrogen) atoms. The van der Waals surface area contributed by atoms with Crippen molar-refractivity contribution in [2.24, 2.45) is 5.18 Å². The zero-order valence-electron chi connectivity index (χ0n) is 3.51. The fraction of sp³-hybridized carbons (Fsp3) is 0.500. The van der Waals surface area contributed by atoms with Crippen molar-refractivity contribution in [2.75, 3.05) is 0 Å². The molecular weight excluding hydrogens is 78.0 g/mol. The maximum atomic E-state index is 9.48. The van der Waals surface area contributed by atoms with Crippen LogP contribution in [0.4, 0.5) is 0 Å². The van der Waals surface area contributed by atoms with Gasteiger partial charge in [-0.25, -0.2) is 0 Å². The van der Waals surface area contributed by atoms with Crippen LogP contribution in [0.15, 0.2) is 16.8 Å². The molecule has 0 saturated heterocycles. The van der Waals surface area contributed by atoms with Crippen molar-refractivity contribution >= 4 is 0 Å². The fourth-order valence-corrected chi connectivity index (χ4v) is 0.314. The Labute approximate surface area is 35.8 Å². The SMILES string of the molecule is CC1=C[C@H]1N=O. The van der Waals surface area contributed by atoms with E-state index in [9.17, 15) is 4.91 Å². The second kappa shape index (κ2) is 0.899. The first-order valence-electron chi connectivity index (χ1n) is 1.85. The van der Waals surface area contributed by atoms with Crippen LogP contribution in [0.1, 0.15) is 6.92 Å². The molecular formula is C4H5NO. The van der Waals surface area contributed by atoms with Gasteiger partial charge < -0.3 is 0 Å². The first-order valence-corrected chi connectivity index (χ1v) is 1.85. The predicted molar refractivity (Wildman–Crippen MR) is 23.3 cm³/mol. The summed E-state index contributed by atoms with van der Waals surface area (Å²) in [6.45, 7) is 1.89. The largest absolute Gasteiger partial charge is 0.150 e. The van der Waals surface area contributed by atoms with Crippen LogP contribution in [0.3, 0.4) is 0 Å². The van der Waals surface area contributed by atoms with Gasteiger partial charge in [0.2, 0.25) is 0 Å². The summed E-state index contributed by atoms with van der Waals surface area (Å²) in [5.41, 5.74) is 1.10. The van der Waals surface area contributed by atoms with E-state index in [1.54, 1.807) is 0 Å². The quantitative estimate of drug-likeness (QED) is 0.344. The Kier molecular flexibility index (Phi) is 0.528. The molecule has 0 amide bonds. The van der Waals surface area contributed by atoms with Gasteiger partial charge in [0.25, 0.3) is 0 Å². The van der Waals surface area contributed by atoms with E-state index in [0.29, 0.717) is 0 Å². The highest BCUT2D eigenvalue weighted by Gasteiger charge is 2.19. The van der Waals surface area contributed by atoms with Crippen LogP contribution < -0.4 is 0 Å². The van der Waals surface area contributed by atoms with E-state index >= 15 is 0 Å². The van der Waals surface area contributed by atoms with Gasteiger partial charge in [-0.1, -0.05) is 11.3 Å². The average Bonchev–Trinajstić information content (AvgIpc) is 2.19. The van der Waals surface area contributed by atoms with Crippen LogP contribution >= 0.6 is 0 Å². The average molecular weight is 83.1 g/mol. The van der Waals surface area contributed by atoms with Crippen molar-refractivity contribution in [2.45, 2.75) is 13.0 Å². The van der Waals surface area contributed by atoms with Crippen molar-refractivity contribution in [3.05, 3.63) is 16.6 Å². The minimum absolute atomic E-state index is 0.0370. The van der Waals surface area contributed by atoms with Crippen molar-refractivity contribution in [1.29, 1.82) is 0 Å².